The topological polar surface area (TPSA) is 75.6 Å². The molecule has 1 aromatic heterocycles. The predicted molar refractivity (Wildman–Crippen MR) is 86.5 cm³/mol. The van der Waals surface area contributed by atoms with Gasteiger partial charge in [0.25, 0.3) is 0 Å². The van der Waals surface area contributed by atoms with E-state index in [2.05, 4.69) is 15.0 Å². The average molecular weight is 314 g/mol. The van der Waals surface area contributed by atoms with Crippen molar-refractivity contribution in [3.05, 3.63) is 53.4 Å². The van der Waals surface area contributed by atoms with Gasteiger partial charge in [-0.1, -0.05) is 35.5 Å². The largest absolute Gasteiger partial charge is 0.368 e. The summed E-state index contributed by atoms with van der Waals surface area (Å²) in [6, 6.07) is 11.3. The van der Waals surface area contributed by atoms with Crippen molar-refractivity contribution < 1.29 is 9.32 Å². The van der Waals surface area contributed by atoms with Gasteiger partial charge in [-0.05, 0) is 12.5 Å². The van der Waals surface area contributed by atoms with E-state index in [4.69, 9.17) is 10.3 Å². The Bertz CT molecular complexity index is 648. The molecule has 0 aliphatic carbocycles. The molecule has 1 atom stereocenters. The van der Waals surface area contributed by atoms with Gasteiger partial charge in [0.1, 0.15) is 11.8 Å². The number of piperazine rings is 1. The van der Waals surface area contributed by atoms with Crippen LogP contribution in [0.2, 0.25) is 0 Å². The number of hydrogen-bond acceptors (Lipinski definition) is 5. The minimum atomic E-state index is -0.354. The zero-order chi connectivity index (χ0) is 16.2. The van der Waals surface area contributed by atoms with E-state index in [-0.39, 0.29) is 11.9 Å². The van der Waals surface area contributed by atoms with Crippen molar-refractivity contribution in [3.8, 4) is 0 Å². The van der Waals surface area contributed by atoms with Crippen molar-refractivity contribution in [1.29, 1.82) is 0 Å². The average Bonchev–Trinajstić information content (AvgIpc) is 2.95. The molecule has 6 heteroatoms. The first-order valence-corrected chi connectivity index (χ1v) is 7.86. The highest BCUT2D eigenvalue weighted by Crippen LogP contribution is 2.22. The maximum absolute atomic E-state index is 11.9. The molecule has 1 amide bonds. The Balaban J connectivity index is 1.61. The van der Waals surface area contributed by atoms with Crippen LogP contribution < -0.4 is 5.73 Å². The summed E-state index contributed by atoms with van der Waals surface area (Å²) in [7, 11) is 0. The van der Waals surface area contributed by atoms with E-state index in [1.54, 1.807) is 0 Å². The smallest absolute Gasteiger partial charge is 0.239 e. The van der Waals surface area contributed by atoms with Crippen LogP contribution in [0, 0.1) is 6.92 Å². The Morgan fingerprint density at radius 1 is 1.26 bits per heavy atom. The first-order valence-electron chi connectivity index (χ1n) is 7.86. The number of aryl methyl sites for hydroxylation is 1. The molecule has 0 bridgehead atoms. The van der Waals surface area contributed by atoms with E-state index < -0.39 is 0 Å². The lowest BCUT2D eigenvalue weighted by molar-refractivity contribution is -0.124. The SMILES string of the molecule is Cc1cc(CN2CCN(C(C(N)=O)c3ccccc3)CC2)no1. The highest BCUT2D eigenvalue weighted by molar-refractivity contribution is 5.81. The van der Waals surface area contributed by atoms with Crippen LogP contribution in [0.5, 0.6) is 0 Å². The molecule has 1 fully saturated rings. The van der Waals surface area contributed by atoms with Crippen LogP contribution in [0.3, 0.4) is 0 Å². The van der Waals surface area contributed by atoms with Crippen LogP contribution in [-0.2, 0) is 11.3 Å². The fourth-order valence-electron chi connectivity index (χ4n) is 3.09. The Labute approximate surface area is 135 Å². The molecule has 1 saturated heterocycles. The van der Waals surface area contributed by atoms with Gasteiger partial charge in [0.2, 0.25) is 5.91 Å². The van der Waals surface area contributed by atoms with E-state index in [1.165, 1.54) is 0 Å². The molecule has 3 rings (SSSR count). The number of amides is 1. The lowest BCUT2D eigenvalue weighted by Crippen LogP contribution is -2.50. The second-order valence-corrected chi connectivity index (χ2v) is 5.96. The summed E-state index contributed by atoms with van der Waals surface area (Å²) in [5.41, 5.74) is 7.55. The second kappa shape index (κ2) is 6.93. The molecule has 23 heavy (non-hydrogen) atoms. The van der Waals surface area contributed by atoms with Crippen LogP contribution in [-0.4, -0.2) is 47.0 Å². The van der Waals surface area contributed by atoms with Crippen LogP contribution in [0.1, 0.15) is 23.1 Å². The third-order valence-corrected chi connectivity index (χ3v) is 4.22. The molecule has 2 N–H and O–H groups in total. The Morgan fingerprint density at radius 3 is 2.52 bits per heavy atom. The van der Waals surface area contributed by atoms with Gasteiger partial charge in [0.15, 0.2) is 0 Å². The van der Waals surface area contributed by atoms with E-state index >= 15 is 0 Å². The third kappa shape index (κ3) is 3.78. The van der Waals surface area contributed by atoms with Gasteiger partial charge in [0.05, 0.1) is 5.69 Å². The lowest BCUT2D eigenvalue weighted by Gasteiger charge is -2.38. The summed E-state index contributed by atoms with van der Waals surface area (Å²) in [4.78, 5) is 16.4. The molecular formula is C17H22N4O2. The number of rotatable bonds is 5. The standard InChI is InChI=1S/C17H22N4O2/c1-13-11-15(19-23-13)12-20-7-9-21(10-8-20)16(17(18)22)14-5-3-2-4-6-14/h2-6,11,16H,7-10,12H2,1H3,(H2,18,22). The van der Waals surface area contributed by atoms with Gasteiger partial charge in [-0.15, -0.1) is 0 Å². The maximum Gasteiger partial charge on any atom is 0.239 e. The summed E-state index contributed by atoms with van der Waals surface area (Å²) in [6.07, 6.45) is 0. The van der Waals surface area contributed by atoms with Crippen molar-refractivity contribution in [1.82, 2.24) is 15.0 Å². The second-order valence-electron chi connectivity index (χ2n) is 5.96. The molecule has 122 valence electrons. The van der Waals surface area contributed by atoms with Gasteiger partial charge in [-0.25, -0.2) is 0 Å². The molecule has 0 radical (unpaired) electrons. The minimum absolute atomic E-state index is 0.295. The molecule has 2 aromatic rings. The number of carbonyl (C=O) groups excluding carboxylic acids is 1. The predicted octanol–water partition coefficient (Wildman–Crippen LogP) is 1.33. The third-order valence-electron chi connectivity index (χ3n) is 4.22. The summed E-state index contributed by atoms with van der Waals surface area (Å²) < 4.78 is 5.11. The van der Waals surface area contributed by atoms with Crippen molar-refractivity contribution in [3.63, 3.8) is 0 Å². The first kappa shape index (κ1) is 15.7. The number of benzene rings is 1. The van der Waals surface area contributed by atoms with Crippen LogP contribution in [0.15, 0.2) is 40.9 Å². The van der Waals surface area contributed by atoms with Crippen LogP contribution in [0.25, 0.3) is 0 Å². The monoisotopic (exact) mass is 314 g/mol. The molecule has 1 aromatic carbocycles. The van der Waals surface area contributed by atoms with Crippen molar-refractivity contribution in [2.75, 3.05) is 26.2 Å². The normalized spacial score (nSPS) is 18.0. The van der Waals surface area contributed by atoms with E-state index in [1.807, 2.05) is 43.3 Å². The van der Waals surface area contributed by atoms with Gasteiger partial charge < -0.3 is 10.3 Å². The molecule has 0 saturated carbocycles. The van der Waals surface area contributed by atoms with Gasteiger partial charge in [0, 0.05) is 38.8 Å². The molecule has 0 spiro atoms. The van der Waals surface area contributed by atoms with Crippen molar-refractivity contribution in [2.24, 2.45) is 5.73 Å². The number of nitrogens with zero attached hydrogens (tertiary/aromatic N) is 3. The number of primary amides is 1. The fraction of sp³-hybridized carbons (Fsp3) is 0.412. The van der Waals surface area contributed by atoms with Crippen molar-refractivity contribution >= 4 is 5.91 Å². The van der Waals surface area contributed by atoms with Crippen LogP contribution >= 0.6 is 0 Å². The first-order chi connectivity index (χ1) is 11.1. The van der Waals surface area contributed by atoms with E-state index in [0.29, 0.717) is 0 Å². The summed E-state index contributed by atoms with van der Waals surface area (Å²) in [5.74, 6) is 0.535. The molecule has 1 aliphatic rings. The summed E-state index contributed by atoms with van der Waals surface area (Å²) >= 11 is 0. The Kier molecular flexibility index (Phi) is 4.73. The lowest BCUT2D eigenvalue weighted by atomic mass is 10.0. The molecule has 2 heterocycles. The van der Waals surface area contributed by atoms with Gasteiger partial charge in [-0.3, -0.25) is 14.6 Å². The van der Waals surface area contributed by atoms with Gasteiger partial charge >= 0.3 is 0 Å². The maximum atomic E-state index is 11.9. The minimum Gasteiger partial charge on any atom is -0.368 e. The number of hydrogen-bond donors (Lipinski definition) is 1. The van der Waals surface area contributed by atoms with Crippen LogP contribution in [0.4, 0.5) is 0 Å². The quantitative estimate of drug-likeness (QED) is 0.901. The zero-order valence-electron chi connectivity index (χ0n) is 13.3. The van der Waals surface area contributed by atoms with Gasteiger partial charge in [-0.2, -0.15) is 0 Å². The molecule has 1 aliphatic heterocycles. The van der Waals surface area contributed by atoms with E-state index in [9.17, 15) is 4.79 Å². The summed E-state index contributed by atoms with van der Waals surface area (Å²) in [6.45, 7) is 6.03. The van der Waals surface area contributed by atoms with E-state index in [0.717, 1.165) is 49.7 Å². The fourth-order valence-corrected chi connectivity index (χ4v) is 3.09. The van der Waals surface area contributed by atoms with Crippen molar-refractivity contribution in [2.45, 2.75) is 19.5 Å². The Morgan fingerprint density at radius 2 is 1.96 bits per heavy atom. The zero-order valence-corrected chi connectivity index (χ0v) is 13.3. The Hall–Kier alpha value is -2.18. The molecule has 1 unspecified atom stereocenters. The summed E-state index contributed by atoms with van der Waals surface area (Å²) in [5, 5.41) is 4.04. The highest BCUT2D eigenvalue weighted by Gasteiger charge is 2.29. The highest BCUT2D eigenvalue weighted by atomic mass is 16.5. The number of carbonyl (C=O) groups is 1. The molecular weight excluding hydrogens is 292 g/mol. The molecule has 6 nitrogen and oxygen atoms in total. The number of aromatic nitrogens is 1. The number of nitrogens with two attached hydrogens (primary N) is 1.